The molecule has 0 bridgehead atoms. The second-order valence-electron chi connectivity index (χ2n) is 7.73. The molecule has 140 valence electrons. The van der Waals surface area contributed by atoms with Crippen LogP contribution in [0.1, 0.15) is 37.1 Å². The molecule has 1 fully saturated rings. The summed E-state index contributed by atoms with van der Waals surface area (Å²) >= 11 is 1.43. The van der Waals surface area contributed by atoms with Crippen molar-refractivity contribution >= 4 is 27.5 Å². The topological polar surface area (TPSA) is 73.5 Å². The minimum Gasteiger partial charge on any atom is -0.370 e. The molecule has 4 rings (SSSR count). The Hall–Kier alpha value is -1.93. The quantitative estimate of drug-likeness (QED) is 0.789. The minimum absolute atomic E-state index is 0.0317. The monoisotopic (exact) mass is 377 g/mol. The predicted molar refractivity (Wildman–Crippen MR) is 99.7 cm³/mol. The van der Waals surface area contributed by atoms with E-state index in [2.05, 4.69) is 0 Å². The SMILES string of the molecule is Cn1c(=O)c2sc3c(c2n(CC(=O)N2CCCC2)c1=O)COC(C)(C)C3. The number of carbonyl (C=O) groups is 1. The summed E-state index contributed by atoms with van der Waals surface area (Å²) in [6, 6.07) is 0. The number of likely N-dealkylation sites (tertiary alicyclic amines) is 1. The van der Waals surface area contributed by atoms with Gasteiger partial charge in [0.15, 0.2) is 0 Å². The number of hydrogen-bond acceptors (Lipinski definition) is 5. The number of aromatic nitrogens is 2. The second kappa shape index (κ2) is 6.06. The Bertz CT molecular complexity index is 1010. The number of hydrogen-bond donors (Lipinski definition) is 0. The molecule has 26 heavy (non-hydrogen) atoms. The smallest absolute Gasteiger partial charge is 0.331 e. The summed E-state index contributed by atoms with van der Waals surface area (Å²) in [5.41, 5.74) is 0.428. The van der Waals surface area contributed by atoms with Gasteiger partial charge in [-0.15, -0.1) is 11.3 Å². The third-order valence-electron chi connectivity index (χ3n) is 5.30. The van der Waals surface area contributed by atoms with E-state index < -0.39 is 5.69 Å². The zero-order chi connectivity index (χ0) is 18.6. The lowest BCUT2D eigenvalue weighted by molar-refractivity contribution is -0.130. The highest BCUT2D eigenvalue weighted by molar-refractivity contribution is 7.19. The lowest BCUT2D eigenvalue weighted by Crippen LogP contribution is -2.41. The number of amides is 1. The molecule has 0 N–H and O–H groups in total. The normalized spacial score (nSPS) is 19.1. The first-order valence-electron chi connectivity index (χ1n) is 8.94. The maximum Gasteiger partial charge on any atom is 0.331 e. The highest BCUT2D eigenvalue weighted by atomic mass is 32.1. The van der Waals surface area contributed by atoms with Gasteiger partial charge in [-0.05, 0) is 26.7 Å². The first-order valence-corrected chi connectivity index (χ1v) is 9.76. The van der Waals surface area contributed by atoms with Gasteiger partial charge in [0.2, 0.25) is 5.91 Å². The highest BCUT2D eigenvalue weighted by Crippen LogP contribution is 2.37. The van der Waals surface area contributed by atoms with E-state index in [0.29, 0.717) is 23.2 Å². The van der Waals surface area contributed by atoms with Crippen molar-refractivity contribution in [2.75, 3.05) is 13.1 Å². The first kappa shape index (κ1) is 17.5. The van der Waals surface area contributed by atoms with Crippen LogP contribution >= 0.6 is 11.3 Å². The van der Waals surface area contributed by atoms with Crippen LogP contribution in [0.5, 0.6) is 0 Å². The van der Waals surface area contributed by atoms with Crippen molar-refractivity contribution in [2.45, 2.75) is 51.9 Å². The Morgan fingerprint density at radius 2 is 1.92 bits per heavy atom. The van der Waals surface area contributed by atoms with Crippen molar-refractivity contribution in [3.63, 3.8) is 0 Å². The van der Waals surface area contributed by atoms with E-state index >= 15 is 0 Å². The maximum absolute atomic E-state index is 12.8. The van der Waals surface area contributed by atoms with E-state index in [-0.39, 0.29) is 23.6 Å². The van der Waals surface area contributed by atoms with Gasteiger partial charge in [0.25, 0.3) is 5.56 Å². The lowest BCUT2D eigenvalue weighted by Gasteiger charge is -2.30. The van der Waals surface area contributed by atoms with Crippen molar-refractivity contribution in [3.8, 4) is 0 Å². The maximum atomic E-state index is 12.8. The molecule has 4 heterocycles. The van der Waals surface area contributed by atoms with E-state index in [9.17, 15) is 14.4 Å². The van der Waals surface area contributed by atoms with E-state index in [1.54, 1.807) is 4.90 Å². The van der Waals surface area contributed by atoms with Crippen LogP contribution in [0.25, 0.3) is 10.2 Å². The van der Waals surface area contributed by atoms with Crippen LogP contribution in [0.4, 0.5) is 0 Å². The first-order chi connectivity index (χ1) is 12.3. The molecule has 0 aromatic carbocycles. The molecule has 2 aromatic heterocycles. The van der Waals surface area contributed by atoms with Crippen LogP contribution < -0.4 is 11.2 Å². The number of fused-ring (bicyclic) bond motifs is 3. The average Bonchev–Trinajstić information content (AvgIpc) is 3.23. The molecule has 7 nitrogen and oxygen atoms in total. The minimum atomic E-state index is -0.444. The molecule has 0 saturated carbocycles. The fraction of sp³-hybridized carbons (Fsp3) is 0.611. The number of ether oxygens (including phenoxy) is 1. The van der Waals surface area contributed by atoms with E-state index in [0.717, 1.165) is 40.9 Å². The number of nitrogens with zero attached hydrogens (tertiary/aromatic N) is 3. The Morgan fingerprint density at radius 1 is 1.23 bits per heavy atom. The van der Waals surface area contributed by atoms with Crippen LogP contribution in [-0.4, -0.2) is 38.6 Å². The van der Waals surface area contributed by atoms with Crippen molar-refractivity contribution < 1.29 is 9.53 Å². The Balaban J connectivity index is 1.89. The molecule has 0 atom stereocenters. The van der Waals surface area contributed by atoms with Gasteiger partial charge in [-0.2, -0.15) is 0 Å². The summed E-state index contributed by atoms with van der Waals surface area (Å²) in [6.07, 6.45) is 2.69. The number of carbonyl (C=O) groups excluding carboxylic acids is 1. The van der Waals surface area contributed by atoms with Gasteiger partial charge in [-0.1, -0.05) is 0 Å². The van der Waals surface area contributed by atoms with Crippen LogP contribution in [0, 0.1) is 0 Å². The lowest BCUT2D eigenvalue weighted by atomic mass is 9.98. The molecule has 2 aliphatic rings. The highest BCUT2D eigenvalue weighted by Gasteiger charge is 2.32. The molecule has 1 amide bonds. The summed E-state index contributed by atoms with van der Waals surface area (Å²) in [6.45, 7) is 5.83. The van der Waals surface area contributed by atoms with Gasteiger partial charge >= 0.3 is 5.69 Å². The van der Waals surface area contributed by atoms with Gasteiger partial charge < -0.3 is 9.64 Å². The Morgan fingerprint density at radius 3 is 2.62 bits per heavy atom. The molecule has 8 heteroatoms. The van der Waals surface area contributed by atoms with Gasteiger partial charge in [0, 0.05) is 37.0 Å². The molecule has 0 aliphatic carbocycles. The van der Waals surface area contributed by atoms with E-state index in [1.165, 1.54) is 23.0 Å². The van der Waals surface area contributed by atoms with Crippen molar-refractivity contribution in [1.82, 2.24) is 14.0 Å². The van der Waals surface area contributed by atoms with Crippen molar-refractivity contribution in [2.24, 2.45) is 7.05 Å². The molecule has 1 saturated heterocycles. The van der Waals surface area contributed by atoms with Crippen molar-refractivity contribution in [3.05, 3.63) is 31.3 Å². The second-order valence-corrected chi connectivity index (χ2v) is 8.83. The van der Waals surface area contributed by atoms with E-state index in [1.807, 2.05) is 13.8 Å². The number of thiophene rings is 1. The zero-order valence-corrected chi connectivity index (χ0v) is 16.1. The summed E-state index contributed by atoms with van der Waals surface area (Å²) in [5.74, 6) is -0.0680. The summed E-state index contributed by atoms with van der Waals surface area (Å²) in [5, 5.41) is 0. The molecular weight excluding hydrogens is 354 g/mol. The summed E-state index contributed by atoms with van der Waals surface area (Å²) in [7, 11) is 1.47. The van der Waals surface area contributed by atoms with Crippen LogP contribution in [0.15, 0.2) is 9.59 Å². The fourth-order valence-electron chi connectivity index (χ4n) is 3.79. The molecule has 0 spiro atoms. The molecule has 0 unspecified atom stereocenters. The number of rotatable bonds is 2. The van der Waals surface area contributed by atoms with Gasteiger partial charge in [0.1, 0.15) is 11.2 Å². The molecule has 2 aliphatic heterocycles. The summed E-state index contributed by atoms with van der Waals surface area (Å²) < 4.78 is 9.02. The predicted octanol–water partition coefficient (Wildman–Crippen LogP) is 1.24. The molecule has 0 radical (unpaired) electrons. The van der Waals surface area contributed by atoms with Crippen LogP contribution in [-0.2, 0) is 36.2 Å². The third-order valence-corrected chi connectivity index (χ3v) is 6.50. The van der Waals surface area contributed by atoms with Crippen molar-refractivity contribution in [1.29, 1.82) is 0 Å². The van der Waals surface area contributed by atoms with Gasteiger partial charge in [-0.25, -0.2) is 4.79 Å². The largest absolute Gasteiger partial charge is 0.370 e. The molecular formula is C18H23N3O4S. The zero-order valence-electron chi connectivity index (χ0n) is 15.3. The Kier molecular flexibility index (Phi) is 4.07. The van der Waals surface area contributed by atoms with Crippen LogP contribution in [0.3, 0.4) is 0 Å². The summed E-state index contributed by atoms with van der Waals surface area (Å²) in [4.78, 5) is 40.9. The fourth-order valence-corrected chi connectivity index (χ4v) is 5.29. The van der Waals surface area contributed by atoms with Crippen LogP contribution in [0.2, 0.25) is 0 Å². The van der Waals surface area contributed by atoms with E-state index in [4.69, 9.17) is 4.74 Å². The Labute approximate surface area is 154 Å². The standard InChI is InChI=1S/C18H23N3O4S/c1-18(2)8-12-11(10-25-18)14-15(26-12)16(23)19(3)17(24)21(14)9-13(22)20-6-4-5-7-20/h4-10H2,1-3H3. The average molecular weight is 377 g/mol. The molecule has 2 aromatic rings. The van der Waals surface area contributed by atoms with Gasteiger partial charge in [-0.3, -0.25) is 18.7 Å². The third kappa shape index (κ3) is 2.72. The van der Waals surface area contributed by atoms with Gasteiger partial charge in [0.05, 0.1) is 17.7 Å².